The normalized spacial score (nSPS) is 14.9. The molecule has 0 saturated carbocycles. The third-order valence-corrected chi connectivity index (χ3v) is 4.84. The lowest BCUT2D eigenvalue weighted by atomic mass is 9.99. The maximum Gasteiger partial charge on any atom is 0.416 e. The standard InChI is InChI=1S/C20H19F3N4O2/c1-11-8-13(20(21,22)23)9-16(28-3)17(11)18-12(2)24-15-10-27(26-19(15)25-18)14-4-6-29-7-5-14/h4,8-10H,5-7H2,1-3H3. The maximum absolute atomic E-state index is 13.2. The Morgan fingerprint density at radius 3 is 2.62 bits per heavy atom. The number of aryl methyl sites for hydroxylation is 2. The van der Waals surface area contributed by atoms with E-state index in [1.807, 2.05) is 6.08 Å². The molecule has 0 fully saturated rings. The molecular formula is C20H19F3N4O2. The number of nitrogens with zero attached hydrogens (tertiary/aromatic N) is 4. The molecule has 29 heavy (non-hydrogen) atoms. The van der Waals surface area contributed by atoms with Crippen LogP contribution in [0.2, 0.25) is 0 Å². The third kappa shape index (κ3) is 3.57. The van der Waals surface area contributed by atoms with Gasteiger partial charge in [-0.25, -0.2) is 14.6 Å². The summed E-state index contributed by atoms with van der Waals surface area (Å²) in [4.78, 5) is 9.18. The average molecular weight is 404 g/mol. The van der Waals surface area contributed by atoms with Gasteiger partial charge in [-0.05, 0) is 37.6 Å². The van der Waals surface area contributed by atoms with Gasteiger partial charge in [0.2, 0.25) is 5.65 Å². The molecule has 0 bridgehead atoms. The van der Waals surface area contributed by atoms with Crippen LogP contribution < -0.4 is 4.74 Å². The summed E-state index contributed by atoms with van der Waals surface area (Å²) in [6, 6.07) is 2.08. The molecule has 0 N–H and O–H groups in total. The highest BCUT2D eigenvalue weighted by molar-refractivity contribution is 5.79. The zero-order chi connectivity index (χ0) is 20.8. The number of hydrogen-bond acceptors (Lipinski definition) is 5. The second-order valence-electron chi connectivity index (χ2n) is 6.83. The molecule has 6 nitrogen and oxygen atoms in total. The van der Waals surface area contributed by atoms with Crippen molar-refractivity contribution in [3.8, 4) is 17.0 Å². The largest absolute Gasteiger partial charge is 0.496 e. The van der Waals surface area contributed by atoms with E-state index in [1.165, 1.54) is 7.11 Å². The van der Waals surface area contributed by atoms with Crippen LogP contribution in [0.5, 0.6) is 5.75 Å². The van der Waals surface area contributed by atoms with Crippen LogP contribution in [-0.2, 0) is 10.9 Å². The monoisotopic (exact) mass is 404 g/mol. The number of hydrogen-bond donors (Lipinski definition) is 0. The molecule has 4 rings (SSSR count). The molecule has 0 saturated heterocycles. The lowest BCUT2D eigenvalue weighted by Gasteiger charge is -2.16. The molecule has 0 radical (unpaired) electrons. The van der Waals surface area contributed by atoms with Crippen LogP contribution in [0.4, 0.5) is 13.2 Å². The van der Waals surface area contributed by atoms with Gasteiger partial charge in [-0.3, -0.25) is 0 Å². The number of alkyl halides is 3. The van der Waals surface area contributed by atoms with Gasteiger partial charge in [0.15, 0.2) is 0 Å². The van der Waals surface area contributed by atoms with Gasteiger partial charge in [0.1, 0.15) is 11.3 Å². The van der Waals surface area contributed by atoms with Gasteiger partial charge in [0, 0.05) is 17.7 Å². The summed E-state index contributed by atoms with van der Waals surface area (Å²) < 4.78 is 51.8. The van der Waals surface area contributed by atoms with Crippen LogP contribution in [0.15, 0.2) is 24.4 Å². The van der Waals surface area contributed by atoms with E-state index in [9.17, 15) is 13.2 Å². The van der Waals surface area contributed by atoms with E-state index in [2.05, 4.69) is 15.1 Å². The van der Waals surface area contributed by atoms with E-state index in [4.69, 9.17) is 9.47 Å². The first-order valence-corrected chi connectivity index (χ1v) is 9.05. The van der Waals surface area contributed by atoms with E-state index in [-0.39, 0.29) is 5.75 Å². The molecule has 0 amide bonds. The predicted octanol–water partition coefficient (Wildman–Crippen LogP) is 4.40. The molecular weight excluding hydrogens is 385 g/mol. The highest BCUT2D eigenvalue weighted by Crippen LogP contribution is 2.40. The Hall–Kier alpha value is -2.94. The number of aromatic nitrogens is 4. The van der Waals surface area contributed by atoms with Crippen molar-refractivity contribution in [1.29, 1.82) is 0 Å². The molecule has 1 aliphatic heterocycles. The molecule has 0 atom stereocenters. The number of rotatable bonds is 3. The summed E-state index contributed by atoms with van der Waals surface area (Å²) in [5.41, 5.74) is 3.18. The Labute approximate surface area is 165 Å². The Balaban J connectivity index is 1.85. The molecule has 152 valence electrons. The van der Waals surface area contributed by atoms with Crippen LogP contribution in [0, 0.1) is 13.8 Å². The van der Waals surface area contributed by atoms with E-state index in [0.29, 0.717) is 46.9 Å². The fourth-order valence-electron chi connectivity index (χ4n) is 3.43. The van der Waals surface area contributed by atoms with Gasteiger partial charge < -0.3 is 9.47 Å². The molecule has 0 spiro atoms. The quantitative estimate of drug-likeness (QED) is 0.648. The van der Waals surface area contributed by atoms with Crippen molar-refractivity contribution in [1.82, 2.24) is 19.7 Å². The van der Waals surface area contributed by atoms with Gasteiger partial charge in [-0.15, -0.1) is 5.10 Å². The Morgan fingerprint density at radius 1 is 1.17 bits per heavy atom. The number of ether oxygens (including phenoxy) is 2. The number of fused-ring (bicyclic) bond motifs is 1. The van der Waals surface area contributed by atoms with Crippen LogP contribution in [-0.4, -0.2) is 40.1 Å². The molecule has 9 heteroatoms. The summed E-state index contributed by atoms with van der Waals surface area (Å²) in [7, 11) is 1.34. The number of methoxy groups -OCH3 is 1. The van der Waals surface area contributed by atoms with Crippen molar-refractivity contribution in [2.24, 2.45) is 0 Å². The van der Waals surface area contributed by atoms with Crippen LogP contribution in [0.25, 0.3) is 28.1 Å². The highest BCUT2D eigenvalue weighted by atomic mass is 19.4. The van der Waals surface area contributed by atoms with E-state index < -0.39 is 11.7 Å². The van der Waals surface area contributed by atoms with E-state index in [0.717, 1.165) is 24.3 Å². The first-order valence-electron chi connectivity index (χ1n) is 9.05. The molecule has 1 aromatic carbocycles. The van der Waals surface area contributed by atoms with Gasteiger partial charge in [0.25, 0.3) is 0 Å². The lowest BCUT2D eigenvalue weighted by molar-refractivity contribution is -0.137. The molecule has 2 aromatic heterocycles. The topological polar surface area (TPSA) is 62.1 Å². The number of benzene rings is 1. The highest BCUT2D eigenvalue weighted by Gasteiger charge is 2.32. The van der Waals surface area contributed by atoms with E-state index in [1.54, 1.807) is 24.7 Å². The summed E-state index contributed by atoms with van der Waals surface area (Å²) >= 11 is 0. The van der Waals surface area contributed by atoms with Crippen molar-refractivity contribution in [3.05, 3.63) is 41.2 Å². The van der Waals surface area contributed by atoms with Crippen LogP contribution in [0.3, 0.4) is 0 Å². The molecule has 3 aromatic rings. The Morgan fingerprint density at radius 2 is 1.97 bits per heavy atom. The van der Waals surface area contributed by atoms with Crippen molar-refractivity contribution >= 4 is 16.9 Å². The van der Waals surface area contributed by atoms with Gasteiger partial charge >= 0.3 is 6.18 Å². The van der Waals surface area contributed by atoms with Crippen LogP contribution in [0.1, 0.15) is 23.2 Å². The fraction of sp³-hybridized carbons (Fsp3) is 0.350. The summed E-state index contributed by atoms with van der Waals surface area (Å²) in [5, 5.41) is 4.50. The summed E-state index contributed by atoms with van der Waals surface area (Å²) in [6.07, 6.45) is 0.0163. The van der Waals surface area contributed by atoms with Crippen molar-refractivity contribution in [3.63, 3.8) is 0 Å². The minimum absolute atomic E-state index is 0.0978. The second-order valence-corrected chi connectivity index (χ2v) is 6.83. The average Bonchev–Trinajstić information content (AvgIpc) is 3.09. The van der Waals surface area contributed by atoms with Crippen molar-refractivity contribution in [2.45, 2.75) is 26.4 Å². The van der Waals surface area contributed by atoms with Gasteiger partial charge in [-0.2, -0.15) is 13.2 Å². The minimum Gasteiger partial charge on any atom is -0.496 e. The minimum atomic E-state index is -4.46. The molecule has 1 aliphatic rings. The smallest absolute Gasteiger partial charge is 0.416 e. The van der Waals surface area contributed by atoms with Crippen molar-refractivity contribution in [2.75, 3.05) is 20.3 Å². The van der Waals surface area contributed by atoms with Crippen LogP contribution >= 0.6 is 0 Å². The first-order chi connectivity index (χ1) is 13.8. The number of halogens is 3. The Bertz CT molecular complexity index is 1120. The Kier molecular flexibility index (Phi) is 4.77. The zero-order valence-electron chi connectivity index (χ0n) is 16.2. The molecule has 3 heterocycles. The van der Waals surface area contributed by atoms with Crippen molar-refractivity contribution < 1.29 is 22.6 Å². The molecule has 0 unspecified atom stereocenters. The second kappa shape index (κ2) is 7.14. The third-order valence-electron chi connectivity index (χ3n) is 4.84. The summed E-state index contributed by atoms with van der Waals surface area (Å²) in [5.74, 6) is 0.0978. The maximum atomic E-state index is 13.2. The van der Waals surface area contributed by atoms with Gasteiger partial charge in [0.05, 0.1) is 43.5 Å². The lowest BCUT2D eigenvalue weighted by Crippen LogP contribution is -2.09. The summed E-state index contributed by atoms with van der Waals surface area (Å²) in [6.45, 7) is 4.51. The first kappa shape index (κ1) is 19.4. The predicted molar refractivity (Wildman–Crippen MR) is 101 cm³/mol. The molecule has 0 aliphatic carbocycles. The van der Waals surface area contributed by atoms with Gasteiger partial charge in [-0.1, -0.05) is 0 Å². The fourth-order valence-corrected chi connectivity index (χ4v) is 3.43. The van der Waals surface area contributed by atoms with E-state index >= 15 is 0 Å². The SMILES string of the molecule is COc1cc(C(F)(F)F)cc(C)c1-c1nc2nn(C3=CCOCC3)cc2nc1C. The zero-order valence-corrected chi connectivity index (χ0v) is 16.2.